The molecule has 0 aliphatic carbocycles. The Bertz CT molecular complexity index is 290. The second kappa shape index (κ2) is 5.08. The van der Waals surface area contributed by atoms with Gasteiger partial charge in [0.2, 0.25) is 0 Å². The minimum absolute atomic E-state index is 0.0605. The fourth-order valence-electron chi connectivity index (χ4n) is 1.26. The monoisotopic (exact) mass is 197 g/mol. The Labute approximate surface area is 83.9 Å². The smallest absolute Gasteiger partial charge is 0.126 e. The van der Waals surface area contributed by atoms with E-state index < -0.39 is 0 Å². The third kappa shape index (κ3) is 2.79. The third-order valence-corrected chi connectivity index (χ3v) is 2.39. The normalized spacial score (nSPS) is 15.1. The first-order chi connectivity index (χ1) is 6.65. The van der Waals surface area contributed by atoms with Gasteiger partial charge in [0.1, 0.15) is 5.82 Å². The maximum Gasteiger partial charge on any atom is 0.126 e. The Morgan fingerprint density at radius 1 is 1.43 bits per heavy atom. The van der Waals surface area contributed by atoms with Crippen molar-refractivity contribution >= 4 is 0 Å². The van der Waals surface area contributed by atoms with Crippen LogP contribution in [0.25, 0.3) is 0 Å². The molecule has 2 atom stereocenters. The molecule has 2 N–H and O–H groups in total. The van der Waals surface area contributed by atoms with E-state index in [2.05, 4.69) is 0 Å². The van der Waals surface area contributed by atoms with Crippen LogP contribution in [0.5, 0.6) is 0 Å². The van der Waals surface area contributed by atoms with Crippen molar-refractivity contribution in [2.45, 2.75) is 25.5 Å². The number of hydrogen-bond donors (Lipinski definition) is 1. The van der Waals surface area contributed by atoms with Gasteiger partial charge in [-0.1, -0.05) is 18.2 Å². The van der Waals surface area contributed by atoms with Crippen molar-refractivity contribution in [3.63, 3.8) is 0 Å². The highest BCUT2D eigenvalue weighted by Gasteiger charge is 2.13. The van der Waals surface area contributed by atoms with Gasteiger partial charge in [-0.25, -0.2) is 4.39 Å². The SMILES string of the molecule is COC(C)C(N)Cc1ccccc1F. The van der Waals surface area contributed by atoms with Crippen molar-refractivity contribution in [2.24, 2.45) is 5.73 Å². The largest absolute Gasteiger partial charge is 0.380 e. The van der Waals surface area contributed by atoms with Crippen LogP contribution in [0.3, 0.4) is 0 Å². The molecule has 0 aromatic heterocycles. The fraction of sp³-hybridized carbons (Fsp3) is 0.455. The highest BCUT2D eigenvalue weighted by atomic mass is 19.1. The van der Waals surface area contributed by atoms with Gasteiger partial charge in [-0.05, 0) is 25.0 Å². The Hall–Kier alpha value is -0.930. The lowest BCUT2D eigenvalue weighted by molar-refractivity contribution is 0.0953. The second-order valence-corrected chi connectivity index (χ2v) is 3.40. The van der Waals surface area contributed by atoms with Crippen molar-refractivity contribution in [2.75, 3.05) is 7.11 Å². The van der Waals surface area contributed by atoms with Gasteiger partial charge in [0.05, 0.1) is 6.10 Å². The summed E-state index contributed by atoms with van der Waals surface area (Å²) in [4.78, 5) is 0. The highest BCUT2D eigenvalue weighted by molar-refractivity contribution is 5.18. The third-order valence-electron chi connectivity index (χ3n) is 2.39. The second-order valence-electron chi connectivity index (χ2n) is 3.40. The summed E-state index contributed by atoms with van der Waals surface area (Å²) in [5.74, 6) is -0.203. The van der Waals surface area contributed by atoms with Crippen molar-refractivity contribution < 1.29 is 9.13 Å². The van der Waals surface area contributed by atoms with Crippen LogP contribution in [0, 0.1) is 5.82 Å². The zero-order chi connectivity index (χ0) is 10.6. The molecule has 2 nitrogen and oxygen atoms in total. The van der Waals surface area contributed by atoms with Gasteiger partial charge in [0, 0.05) is 13.2 Å². The van der Waals surface area contributed by atoms with E-state index in [1.165, 1.54) is 6.07 Å². The molecule has 0 amide bonds. The van der Waals surface area contributed by atoms with Crippen LogP contribution in [-0.2, 0) is 11.2 Å². The molecule has 3 heteroatoms. The van der Waals surface area contributed by atoms with Crippen LogP contribution in [0.2, 0.25) is 0 Å². The molecule has 0 aliphatic heterocycles. The quantitative estimate of drug-likeness (QED) is 0.797. The average Bonchev–Trinajstić information content (AvgIpc) is 2.20. The molecule has 0 saturated carbocycles. The number of halogens is 1. The zero-order valence-corrected chi connectivity index (χ0v) is 8.53. The lowest BCUT2D eigenvalue weighted by Gasteiger charge is -2.18. The summed E-state index contributed by atoms with van der Waals surface area (Å²) < 4.78 is 18.3. The first-order valence-corrected chi connectivity index (χ1v) is 4.67. The van der Waals surface area contributed by atoms with Gasteiger partial charge in [-0.3, -0.25) is 0 Å². The van der Waals surface area contributed by atoms with Crippen molar-refractivity contribution in [3.8, 4) is 0 Å². The number of methoxy groups -OCH3 is 1. The van der Waals surface area contributed by atoms with Gasteiger partial charge in [-0.15, -0.1) is 0 Å². The molecule has 1 rings (SSSR count). The van der Waals surface area contributed by atoms with Gasteiger partial charge >= 0.3 is 0 Å². The summed E-state index contributed by atoms with van der Waals surface area (Å²) in [5.41, 5.74) is 6.48. The summed E-state index contributed by atoms with van der Waals surface area (Å²) in [6.45, 7) is 1.88. The molecule has 0 bridgehead atoms. The van der Waals surface area contributed by atoms with Crippen LogP contribution < -0.4 is 5.73 Å². The number of ether oxygens (including phenoxy) is 1. The van der Waals surface area contributed by atoms with Crippen molar-refractivity contribution in [1.82, 2.24) is 0 Å². The summed E-state index contributed by atoms with van der Waals surface area (Å²) in [7, 11) is 1.60. The summed E-state index contributed by atoms with van der Waals surface area (Å²) >= 11 is 0. The topological polar surface area (TPSA) is 35.2 Å². The van der Waals surface area contributed by atoms with E-state index >= 15 is 0 Å². The number of hydrogen-bond acceptors (Lipinski definition) is 2. The predicted molar refractivity (Wildman–Crippen MR) is 54.6 cm³/mol. The number of rotatable bonds is 4. The zero-order valence-electron chi connectivity index (χ0n) is 8.53. The first kappa shape index (κ1) is 11.1. The molecular formula is C11H16FNO. The molecule has 2 unspecified atom stereocenters. The fourth-order valence-corrected chi connectivity index (χ4v) is 1.26. The molecule has 0 fully saturated rings. The molecule has 1 aromatic carbocycles. The van der Waals surface area contributed by atoms with Crippen LogP contribution in [0.4, 0.5) is 4.39 Å². The molecule has 1 aromatic rings. The molecule has 14 heavy (non-hydrogen) atoms. The van der Waals surface area contributed by atoms with E-state index in [1.54, 1.807) is 19.2 Å². The maximum atomic E-state index is 13.2. The lowest BCUT2D eigenvalue weighted by atomic mass is 10.0. The summed E-state index contributed by atoms with van der Waals surface area (Å²) in [5, 5.41) is 0. The van der Waals surface area contributed by atoms with Crippen LogP contribution in [-0.4, -0.2) is 19.3 Å². The van der Waals surface area contributed by atoms with Crippen LogP contribution >= 0.6 is 0 Å². The minimum Gasteiger partial charge on any atom is -0.380 e. The average molecular weight is 197 g/mol. The van der Waals surface area contributed by atoms with E-state index in [0.717, 1.165) is 0 Å². The van der Waals surface area contributed by atoms with Crippen LogP contribution in [0.1, 0.15) is 12.5 Å². The molecular weight excluding hydrogens is 181 g/mol. The Kier molecular flexibility index (Phi) is 4.04. The Balaban J connectivity index is 2.64. The highest BCUT2D eigenvalue weighted by Crippen LogP contribution is 2.10. The van der Waals surface area contributed by atoms with Crippen LogP contribution in [0.15, 0.2) is 24.3 Å². The number of benzene rings is 1. The van der Waals surface area contributed by atoms with Gasteiger partial charge in [-0.2, -0.15) is 0 Å². The molecule has 0 saturated heterocycles. The predicted octanol–water partition coefficient (Wildman–Crippen LogP) is 1.73. The van der Waals surface area contributed by atoms with E-state index in [4.69, 9.17) is 10.5 Å². The lowest BCUT2D eigenvalue weighted by Crippen LogP contribution is -2.36. The van der Waals surface area contributed by atoms with E-state index in [1.807, 2.05) is 13.0 Å². The minimum atomic E-state index is -0.203. The Morgan fingerprint density at radius 3 is 2.64 bits per heavy atom. The molecule has 78 valence electrons. The van der Waals surface area contributed by atoms with E-state index in [9.17, 15) is 4.39 Å². The van der Waals surface area contributed by atoms with Crippen molar-refractivity contribution in [3.05, 3.63) is 35.6 Å². The molecule has 0 heterocycles. The van der Waals surface area contributed by atoms with Gasteiger partial charge in [0.15, 0.2) is 0 Å². The maximum absolute atomic E-state index is 13.2. The van der Waals surface area contributed by atoms with Gasteiger partial charge < -0.3 is 10.5 Å². The van der Waals surface area contributed by atoms with E-state index in [0.29, 0.717) is 12.0 Å². The van der Waals surface area contributed by atoms with Gasteiger partial charge in [0.25, 0.3) is 0 Å². The van der Waals surface area contributed by atoms with Crippen molar-refractivity contribution in [1.29, 1.82) is 0 Å². The van der Waals surface area contributed by atoms with E-state index in [-0.39, 0.29) is 18.0 Å². The Morgan fingerprint density at radius 2 is 2.07 bits per heavy atom. The molecule has 0 radical (unpaired) electrons. The number of nitrogens with two attached hydrogens (primary N) is 1. The summed E-state index contributed by atoms with van der Waals surface area (Å²) in [6.07, 6.45) is 0.441. The molecule has 0 aliphatic rings. The standard InChI is InChI=1S/C11H16FNO/c1-8(14-2)11(13)7-9-5-3-4-6-10(9)12/h3-6,8,11H,7,13H2,1-2H3. The first-order valence-electron chi connectivity index (χ1n) is 4.67. The molecule has 0 spiro atoms. The summed E-state index contributed by atoms with van der Waals surface area (Å²) in [6, 6.07) is 6.50.